The lowest BCUT2D eigenvalue weighted by Gasteiger charge is -2.02. The first-order chi connectivity index (χ1) is 6.29. The van der Waals surface area contributed by atoms with Gasteiger partial charge in [-0.15, -0.1) is 5.10 Å². The Hall–Kier alpha value is -1.23. The monoisotopic (exact) mass is 182 g/mol. The average molecular weight is 182 g/mol. The summed E-state index contributed by atoms with van der Waals surface area (Å²) in [6.45, 7) is 3.11. The molecule has 0 saturated carbocycles. The van der Waals surface area contributed by atoms with Gasteiger partial charge in [0.2, 0.25) is 0 Å². The first-order valence-corrected chi connectivity index (χ1v) is 4.36. The number of carbonyl (C=O) groups excluding carboxylic acids is 1. The number of Topliss-reactive ketones (excluding diaryl/α,β-unsaturated/α-hetero) is 1. The highest BCUT2D eigenvalue weighted by Crippen LogP contribution is 1.98. The van der Waals surface area contributed by atoms with Gasteiger partial charge in [0.1, 0.15) is 5.69 Å². The number of aryl methyl sites for hydroxylation is 1. The van der Waals surface area contributed by atoms with E-state index in [-0.39, 0.29) is 5.78 Å². The van der Waals surface area contributed by atoms with Crippen LogP contribution >= 0.6 is 0 Å². The number of hydrogen-bond acceptors (Lipinski definition) is 4. The van der Waals surface area contributed by atoms with Crippen molar-refractivity contribution < 1.29 is 4.79 Å². The molecule has 72 valence electrons. The maximum atomic E-state index is 11.4. The molecule has 0 unspecified atom stereocenters. The quantitative estimate of drug-likeness (QED) is 0.656. The van der Waals surface area contributed by atoms with Gasteiger partial charge >= 0.3 is 0 Å². The minimum absolute atomic E-state index is 0.0287. The number of nitrogens with zero attached hydrogens (tertiary/aromatic N) is 3. The van der Waals surface area contributed by atoms with Crippen LogP contribution < -0.4 is 5.32 Å². The summed E-state index contributed by atoms with van der Waals surface area (Å²) < 4.78 is 1.64. The van der Waals surface area contributed by atoms with Crippen molar-refractivity contribution in [2.45, 2.75) is 19.9 Å². The number of aromatic nitrogens is 3. The van der Waals surface area contributed by atoms with Gasteiger partial charge in [-0.05, 0) is 13.5 Å². The lowest BCUT2D eigenvalue weighted by Crippen LogP contribution is -2.21. The first-order valence-electron chi connectivity index (χ1n) is 4.36. The van der Waals surface area contributed by atoms with Crippen LogP contribution in [0.5, 0.6) is 0 Å². The lowest BCUT2D eigenvalue weighted by molar-refractivity contribution is 0.0983. The van der Waals surface area contributed by atoms with Gasteiger partial charge in [-0.25, -0.2) is 4.68 Å². The zero-order valence-corrected chi connectivity index (χ0v) is 7.95. The molecule has 0 atom stereocenters. The zero-order chi connectivity index (χ0) is 9.68. The molecule has 0 aromatic carbocycles. The molecule has 0 radical (unpaired) electrons. The van der Waals surface area contributed by atoms with E-state index in [1.54, 1.807) is 11.7 Å². The molecule has 0 aliphatic heterocycles. The van der Waals surface area contributed by atoms with Gasteiger partial charge in [0.05, 0.1) is 12.7 Å². The maximum absolute atomic E-state index is 11.4. The van der Waals surface area contributed by atoms with E-state index >= 15 is 0 Å². The Morgan fingerprint density at radius 2 is 2.46 bits per heavy atom. The maximum Gasteiger partial charge on any atom is 0.196 e. The second-order valence-electron chi connectivity index (χ2n) is 2.80. The minimum Gasteiger partial charge on any atom is -0.313 e. The smallest absolute Gasteiger partial charge is 0.196 e. The molecule has 1 heterocycles. The Kier molecular flexibility index (Phi) is 3.57. The SMILES string of the molecule is CCCn1nncc1C(=O)CNC. The molecule has 0 aliphatic rings. The molecule has 1 N–H and O–H groups in total. The van der Waals surface area contributed by atoms with Crippen LogP contribution in [0.2, 0.25) is 0 Å². The van der Waals surface area contributed by atoms with E-state index < -0.39 is 0 Å². The van der Waals surface area contributed by atoms with Crippen molar-refractivity contribution in [3.05, 3.63) is 11.9 Å². The number of carbonyl (C=O) groups is 1. The molecule has 0 saturated heterocycles. The molecule has 1 aromatic rings. The third-order valence-electron chi connectivity index (χ3n) is 1.68. The second-order valence-corrected chi connectivity index (χ2v) is 2.80. The van der Waals surface area contributed by atoms with Gasteiger partial charge in [-0.2, -0.15) is 0 Å². The van der Waals surface area contributed by atoms with Gasteiger partial charge in [0.15, 0.2) is 5.78 Å². The fourth-order valence-corrected chi connectivity index (χ4v) is 1.10. The Morgan fingerprint density at radius 3 is 3.08 bits per heavy atom. The fourth-order valence-electron chi connectivity index (χ4n) is 1.10. The van der Waals surface area contributed by atoms with E-state index in [2.05, 4.69) is 15.6 Å². The highest BCUT2D eigenvalue weighted by atomic mass is 16.1. The van der Waals surface area contributed by atoms with Crippen LogP contribution in [0.4, 0.5) is 0 Å². The Labute approximate surface area is 77.1 Å². The second kappa shape index (κ2) is 4.71. The molecule has 5 heteroatoms. The van der Waals surface area contributed by atoms with Crippen LogP contribution in [-0.2, 0) is 6.54 Å². The topological polar surface area (TPSA) is 59.8 Å². The molecule has 0 aliphatic carbocycles. The zero-order valence-electron chi connectivity index (χ0n) is 7.95. The highest BCUT2D eigenvalue weighted by molar-refractivity contribution is 5.95. The van der Waals surface area contributed by atoms with Gasteiger partial charge < -0.3 is 5.32 Å². The molecule has 0 bridgehead atoms. The molecular weight excluding hydrogens is 168 g/mol. The van der Waals surface area contributed by atoms with Crippen molar-refractivity contribution in [2.24, 2.45) is 0 Å². The standard InChI is InChI=1S/C8H14N4O/c1-3-4-12-7(5-10-11-12)8(13)6-9-2/h5,9H,3-4,6H2,1-2H3. The summed E-state index contributed by atoms with van der Waals surface area (Å²) >= 11 is 0. The Bertz CT molecular complexity index is 281. The van der Waals surface area contributed by atoms with Crippen LogP contribution in [-0.4, -0.2) is 34.4 Å². The van der Waals surface area contributed by atoms with Crippen LogP contribution in [0.25, 0.3) is 0 Å². The van der Waals surface area contributed by atoms with E-state index in [0.717, 1.165) is 13.0 Å². The summed E-state index contributed by atoms with van der Waals surface area (Å²) in [4.78, 5) is 11.4. The molecular formula is C8H14N4O. The Balaban J connectivity index is 2.74. The van der Waals surface area contributed by atoms with Crippen molar-refractivity contribution in [1.29, 1.82) is 0 Å². The number of nitrogens with one attached hydrogen (secondary N) is 1. The van der Waals surface area contributed by atoms with E-state index in [0.29, 0.717) is 12.2 Å². The minimum atomic E-state index is 0.0287. The summed E-state index contributed by atoms with van der Waals surface area (Å²) in [5.41, 5.74) is 0.580. The predicted octanol–water partition coefficient (Wildman–Crippen LogP) is 0.0902. The fraction of sp³-hybridized carbons (Fsp3) is 0.625. The van der Waals surface area contributed by atoms with Crippen molar-refractivity contribution in [3.8, 4) is 0 Å². The van der Waals surface area contributed by atoms with Crippen molar-refractivity contribution in [1.82, 2.24) is 20.3 Å². The van der Waals surface area contributed by atoms with E-state index in [1.807, 2.05) is 6.92 Å². The summed E-state index contributed by atoms with van der Waals surface area (Å²) in [5, 5.41) is 10.3. The van der Waals surface area contributed by atoms with Crippen molar-refractivity contribution in [2.75, 3.05) is 13.6 Å². The molecule has 13 heavy (non-hydrogen) atoms. The number of likely N-dealkylation sites (N-methyl/N-ethyl adjacent to an activating group) is 1. The number of rotatable bonds is 5. The predicted molar refractivity (Wildman–Crippen MR) is 48.6 cm³/mol. The third-order valence-corrected chi connectivity index (χ3v) is 1.68. The summed E-state index contributed by atoms with van der Waals surface area (Å²) in [6, 6.07) is 0. The van der Waals surface area contributed by atoms with Crippen molar-refractivity contribution in [3.63, 3.8) is 0 Å². The summed E-state index contributed by atoms with van der Waals surface area (Å²) in [6.07, 6.45) is 2.46. The van der Waals surface area contributed by atoms with E-state index in [1.165, 1.54) is 6.20 Å². The summed E-state index contributed by atoms with van der Waals surface area (Å²) in [7, 11) is 1.74. The first kappa shape index (κ1) is 9.85. The van der Waals surface area contributed by atoms with Gasteiger partial charge in [0, 0.05) is 6.54 Å². The molecule has 1 rings (SSSR count). The summed E-state index contributed by atoms with van der Waals surface area (Å²) in [5.74, 6) is 0.0287. The molecule has 1 aromatic heterocycles. The van der Waals surface area contributed by atoms with Gasteiger partial charge in [-0.1, -0.05) is 12.1 Å². The Morgan fingerprint density at radius 1 is 1.69 bits per heavy atom. The highest BCUT2D eigenvalue weighted by Gasteiger charge is 2.10. The largest absolute Gasteiger partial charge is 0.313 e. The van der Waals surface area contributed by atoms with Gasteiger partial charge in [-0.3, -0.25) is 4.79 Å². The number of ketones is 1. The van der Waals surface area contributed by atoms with Crippen LogP contribution in [0.1, 0.15) is 23.8 Å². The lowest BCUT2D eigenvalue weighted by atomic mass is 10.3. The number of hydrogen-bond donors (Lipinski definition) is 1. The average Bonchev–Trinajstić information content (AvgIpc) is 2.54. The van der Waals surface area contributed by atoms with Crippen molar-refractivity contribution >= 4 is 5.78 Å². The third kappa shape index (κ3) is 2.35. The molecule has 0 fully saturated rings. The van der Waals surface area contributed by atoms with Gasteiger partial charge in [0.25, 0.3) is 0 Å². The van der Waals surface area contributed by atoms with E-state index in [4.69, 9.17) is 0 Å². The molecule has 0 spiro atoms. The van der Waals surface area contributed by atoms with Crippen LogP contribution in [0, 0.1) is 0 Å². The van der Waals surface area contributed by atoms with Crippen LogP contribution in [0.3, 0.4) is 0 Å². The normalized spacial score (nSPS) is 10.3. The molecule has 0 amide bonds. The van der Waals surface area contributed by atoms with Crippen LogP contribution in [0.15, 0.2) is 6.20 Å². The molecule has 5 nitrogen and oxygen atoms in total. The van der Waals surface area contributed by atoms with E-state index in [9.17, 15) is 4.79 Å².